The van der Waals surface area contributed by atoms with Crippen LogP contribution in [0.1, 0.15) is 18.2 Å². The molecule has 26 heavy (non-hydrogen) atoms. The molecular weight excluding hydrogens is 380 g/mol. The van der Waals surface area contributed by atoms with Gasteiger partial charge in [-0.1, -0.05) is 17.7 Å². The second-order valence-corrected chi connectivity index (χ2v) is 6.23. The summed E-state index contributed by atoms with van der Waals surface area (Å²) in [5.41, 5.74) is 1.37. The molecule has 7 nitrogen and oxygen atoms in total. The number of aliphatic carboxylic acids is 1. The van der Waals surface area contributed by atoms with Crippen molar-refractivity contribution < 1.29 is 19.1 Å². The summed E-state index contributed by atoms with van der Waals surface area (Å²) in [5, 5.41) is 9.07. The Bertz CT molecular complexity index is 986. The van der Waals surface area contributed by atoms with E-state index in [9.17, 15) is 9.59 Å². The molecule has 0 aliphatic rings. The molecule has 0 saturated carbocycles. The number of carboxylic acids is 1. The highest BCUT2D eigenvalue weighted by molar-refractivity contribution is 7.80. The predicted molar refractivity (Wildman–Crippen MR) is 99.2 cm³/mol. The van der Waals surface area contributed by atoms with Gasteiger partial charge in [-0.25, -0.2) is 4.79 Å². The molecule has 1 N–H and O–H groups in total. The molecule has 2 aromatic heterocycles. The highest BCUT2D eigenvalue weighted by atomic mass is 35.5. The lowest BCUT2D eigenvalue weighted by Crippen LogP contribution is -2.16. The lowest BCUT2D eigenvalue weighted by Gasteiger charge is -2.17. The van der Waals surface area contributed by atoms with E-state index in [4.69, 9.17) is 25.9 Å². The van der Waals surface area contributed by atoms with Gasteiger partial charge in [-0.05, 0) is 18.2 Å². The summed E-state index contributed by atoms with van der Waals surface area (Å²) in [6.07, 6.45) is 1.02. The van der Waals surface area contributed by atoms with Crippen LogP contribution in [0, 0.1) is 0 Å². The SMILES string of the molecule is O=C(O)CCn1c(=O)oc2cc(O[C@@H](CS)c3ccccn3)c(Cl)cc21. The predicted octanol–water partition coefficient (Wildman–Crippen LogP) is 3.17. The lowest BCUT2D eigenvalue weighted by molar-refractivity contribution is -0.137. The average molecular weight is 395 g/mol. The molecule has 9 heteroatoms. The maximum atomic E-state index is 12.0. The fraction of sp³-hybridized carbons (Fsp3) is 0.235. The van der Waals surface area contributed by atoms with E-state index in [1.807, 2.05) is 12.1 Å². The van der Waals surface area contributed by atoms with Crippen LogP contribution in [0.4, 0.5) is 0 Å². The summed E-state index contributed by atoms with van der Waals surface area (Å²) in [6, 6.07) is 8.49. The molecule has 1 atom stereocenters. The van der Waals surface area contributed by atoms with Crippen molar-refractivity contribution in [1.82, 2.24) is 9.55 Å². The summed E-state index contributed by atoms with van der Waals surface area (Å²) in [4.78, 5) is 27.0. The number of fused-ring (bicyclic) bond motifs is 1. The van der Waals surface area contributed by atoms with Crippen molar-refractivity contribution in [2.24, 2.45) is 0 Å². The topological polar surface area (TPSA) is 94.6 Å². The van der Waals surface area contributed by atoms with Crippen molar-refractivity contribution in [2.45, 2.75) is 19.1 Å². The molecule has 0 unspecified atom stereocenters. The summed E-state index contributed by atoms with van der Waals surface area (Å²) in [6.45, 7) is -0.00903. The minimum absolute atomic E-state index is 0.00903. The number of carbonyl (C=O) groups is 1. The molecule has 0 aliphatic carbocycles. The molecule has 0 spiro atoms. The number of thiol groups is 1. The Labute approximate surface area is 158 Å². The van der Waals surface area contributed by atoms with Crippen LogP contribution >= 0.6 is 24.2 Å². The second-order valence-electron chi connectivity index (χ2n) is 5.46. The van der Waals surface area contributed by atoms with Gasteiger partial charge in [0.25, 0.3) is 0 Å². The Morgan fingerprint density at radius 2 is 2.23 bits per heavy atom. The molecule has 0 bridgehead atoms. The van der Waals surface area contributed by atoms with Gasteiger partial charge in [-0.3, -0.25) is 14.3 Å². The van der Waals surface area contributed by atoms with Gasteiger partial charge in [0.1, 0.15) is 11.9 Å². The first-order valence-corrected chi connectivity index (χ1v) is 8.73. The van der Waals surface area contributed by atoms with Gasteiger partial charge in [-0.15, -0.1) is 0 Å². The van der Waals surface area contributed by atoms with Gasteiger partial charge in [0.15, 0.2) is 5.58 Å². The number of carboxylic acid groups (broad SMARTS) is 1. The lowest BCUT2D eigenvalue weighted by atomic mass is 10.2. The molecule has 3 aromatic rings. The Hall–Kier alpha value is -2.45. The minimum atomic E-state index is -1.01. The van der Waals surface area contributed by atoms with Crippen LogP contribution in [0.2, 0.25) is 5.02 Å². The van der Waals surface area contributed by atoms with Crippen molar-refractivity contribution >= 4 is 41.3 Å². The zero-order chi connectivity index (χ0) is 18.7. The average Bonchev–Trinajstić information content (AvgIpc) is 2.92. The zero-order valence-corrected chi connectivity index (χ0v) is 15.1. The van der Waals surface area contributed by atoms with Crippen molar-refractivity contribution in [3.63, 3.8) is 0 Å². The van der Waals surface area contributed by atoms with Crippen LogP contribution in [-0.2, 0) is 11.3 Å². The van der Waals surface area contributed by atoms with Crippen molar-refractivity contribution in [3.05, 3.63) is 57.8 Å². The molecule has 2 heterocycles. The van der Waals surface area contributed by atoms with Crippen molar-refractivity contribution in [3.8, 4) is 5.75 Å². The molecule has 0 aliphatic heterocycles. The van der Waals surface area contributed by atoms with E-state index in [0.29, 0.717) is 22.7 Å². The van der Waals surface area contributed by atoms with Crippen LogP contribution in [0.25, 0.3) is 11.1 Å². The second kappa shape index (κ2) is 7.84. The number of halogens is 1. The van der Waals surface area contributed by atoms with Crippen LogP contribution in [0.15, 0.2) is 45.7 Å². The summed E-state index contributed by atoms with van der Waals surface area (Å²) in [5.74, 6) is -0.966. The molecule has 136 valence electrons. The van der Waals surface area contributed by atoms with E-state index in [-0.39, 0.29) is 23.6 Å². The first-order valence-electron chi connectivity index (χ1n) is 7.72. The first kappa shape index (κ1) is 18.3. The van der Waals surface area contributed by atoms with E-state index >= 15 is 0 Å². The molecule has 1 aromatic carbocycles. The first-order chi connectivity index (χ1) is 12.5. The van der Waals surface area contributed by atoms with Gasteiger partial charge < -0.3 is 14.3 Å². The number of rotatable bonds is 7. The molecule has 0 fully saturated rings. The standard InChI is InChI=1S/C17H15ClN2O5S/c18-10-7-12-14(25-17(23)20(12)6-4-16(21)22)8-13(10)24-15(9-26)11-3-1-2-5-19-11/h1-3,5,7-8,15,26H,4,6,9H2,(H,21,22)/t15-/m0/s1. The highest BCUT2D eigenvalue weighted by Gasteiger charge is 2.18. The van der Waals surface area contributed by atoms with Crippen LogP contribution < -0.4 is 10.5 Å². The van der Waals surface area contributed by atoms with Crippen LogP contribution in [0.3, 0.4) is 0 Å². The number of ether oxygens (including phenoxy) is 1. The molecule has 0 saturated heterocycles. The third kappa shape index (κ3) is 3.86. The quantitative estimate of drug-likeness (QED) is 0.598. The molecule has 0 radical (unpaired) electrons. The van der Waals surface area contributed by atoms with Crippen molar-refractivity contribution in [2.75, 3.05) is 5.75 Å². The van der Waals surface area contributed by atoms with Gasteiger partial charge in [0.05, 0.1) is 22.7 Å². The summed E-state index contributed by atoms with van der Waals surface area (Å²) < 4.78 is 12.3. The number of oxazole rings is 1. The van der Waals surface area contributed by atoms with E-state index in [1.54, 1.807) is 12.3 Å². The number of nitrogens with zero attached hydrogens (tertiary/aromatic N) is 2. The largest absolute Gasteiger partial charge is 0.482 e. The number of pyridine rings is 1. The number of hydrogen-bond donors (Lipinski definition) is 2. The molecule has 0 amide bonds. The Balaban J connectivity index is 1.94. The van der Waals surface area contributed by atoms with Crippen LogP contribution in [0.5, 0.6) is 5.75 Å². The summed E-state index contributed by atoms with van der Waals surface area (Å²) >= 11 is 10.6. The Morgan fingerprint density at radius 1 is 1.42 bits per heavy atom. The van der Waals surface area contributed by atoms with Gasteiger partial charge in [0.2, 0.25) is 0 Å². The van der Waals surface area contributed by atoms with Crippen molar-refractivity contribution in [1.29, 1.82) is 0 Å². The Morgan fingerprint density at radius 3 is 2.88 bits per heavy atom. The Kier molecular flexibility index (Phi) is 5.53. The molecular formula is C17H15ClN2O5S. The van der Waals surface area contributed by atoms with E-state index in [2.05, 4.69) is 17.6 Å². The van der Waals surface area contributed by atoms with Gasteiger partial charge in [-0.2, -0.15) is 12.6 Å². The number of aromatic nitrogens is 2. The van der Waals surface area contributed by atoms with Crippen LogP contribution in [-0.4, -0.2) is 26.4 Å². The molecule has 3 rings (SSSR count). The highest BCUT2D eigenvalue weighted by Crippen LogP contribution is 2.33. The minimum Gasteiger partial charge on any atom is -0.482 e. The monoisotopic (exact) mass is 394 g/mol. The smallest absolute Gasteiger partial charge is 0.419 e. The maximum absolute atomic E-state index is 12.0. The summed E-state index contributed by atoms with van der Waals surface area (Å²) in [7, 11) is 0. The third-order valence-electron chi connectivity index (χ3n) is 3.72. The fourth-order valence-corrected chi connectivity index (χ4v) is 2.95. The number of aryl methyl sites for hydroxylation is 1. The van der Waals surface area contributed by atoms with E-state index in [0.717, 1.165) is 0 Å². The number of hydrogen-bond acceptors (Lipinski definition) is 6. The zero-order valence-electron chi connectivity index (χ0n) is 13.5. The van der Waals surface area contributed by atoms with Gasteiger partial charge >= 0.3 is 11.7 Å². The normalized spacial score (nSPS) is 12.2. The maximum Gasteiger partial charge on any atom is 0.419 e. The van der Waals surface area contributed by atoms with Gasteiger partial charge in [0, 0.05) is 24.6 Å². The fourth-order valence-electron chi connectivity index (χ4n) is 2.48. The third-order valence-corrected chi connectivity index (χ3v) is 4.35. The number of benzene rings is 1. The van der Waals surface area contributed by atoms with E-state index in [1.165, 1.54) is 16.7 Å². The van der Waals surface area contributed by atoms with E-state index < -0.39 is 17.8 Å².